The van der Waals surface area contributed by atoms with Crippen LogP contribution in [-0.4, -0.2) is 29.6 Å². The monoisotopic (exact) mass is 530 g/mol. The van der Waals surface area contributed by atoms with Crippen LogP contribution in [0.2, 0.25) is 0 Å². The standard InChI is InChI=1S/C32H22N2O6/c1-4-18-9-6-8-17(3)28(18)34-31(38)23-14-12-21-26-22(13-15-24(27(23)26)32(34)39)30(37)33(29(21)36)19-10-7-11-20(16-19)40-25(35)5-2/h5-16H,2,4H2,1,3H3. The molecule has 0 atom stereocenters. The Morgan fingerprint density at radius 2 is 1.30 bits per heavy atom. The molecule has 6 rings (SSSR count). The van der Waals surface area contributed by atoms with Crippen LogP contribution in [0.4, 0.5) is 11.4 Å². The fourth-order valence-electron chi connectivity index (χ4n) is 5.48. The van der Waals surface area contributed by atoms with Crippen LogP contribution in [0.1, 0.15) is 59.5 Å². The largest absolute Gasteiger partial charge is 0.423 e. The van der Waals surface area contributed by atoms with Crippen molar-refractivity contribution < 1.29 is 28.7 Å². The number of para-hydroxylation sites is 1. The van der Waals surface area contributed by atoms with Gasteiger partial charge in [0.15, 0.2) is 0 Å². The Morgan fingerprint density at radius 1 is 0.775 bits per heavy atom. The number of carbonyl (C=O) groups is 5. The van der Waals surface area contributed by atoms with Gasteiger partial charge in [-0.2, -0.15) is 0 Å². The SMILES string of the molecule is C=CC(=O)Oc1cccc(N2C(=O)c3ccc4c5c(ccc(c35)C2=O)C(=O)N(c2c(C)cccc2CC)C4=O)c1. The number of anilines is 2. The predicted molar refractivity (Wildman–Crippen MR) is 149 cm³/mol. The van der Waals surface area contributed by atoms with Crippen LogP contribution < -0.4 is 14.5 Å². The molecule has 0 fully saturated rings. The van der Waals surface area contributed by atoms with Gasteiger partial charge in [-0.15, -0.1) is 0 Å². The fraction of sp³-hybridized carbons (Fsp3) is 0.0938. The lowest BCUT2D eigenvalue weighted by molar-refractivity contribution is -0.128. The first-order chi connectivity index (χ1) is 19.3. The second-order valence-corrected chi connectivity index (χ2v) is 9.52. The summed E-state index contributed by atoms with van der Waals surface area (Å²) < 4.78 is 5.16. The molecule has 2 heterocycles. The van der Waals surface area contributed by atoms with Crippen molar-refractivity contribution in [2.75, 3.05) is 9.80 Å². The molecular formula is C32H22N2O6. The Morgan fingerprint density at radius 3 is 1.82 bits per heavy atom. The molecule has 0 saturated carbocycles. The first kappa shape index (κ1) is 24.9. The van der Waals surface area contributed by atoms with Gasteiger partial charge in [0.2, 0.25) is 0 Å². The summed E-state index contributed by atoms with van der Waals surface area (Å²) in [5.41, 5.74) is 3.25. The topological polar surface area (TPSA) is 101 Å². The summed E-state index contributed by atoms with van der Waals surface area (Å²) in [4.78, 5) is 68.9. The summed E-state index contributed by atoms with van der Waals surface area (Å²) in [6.07, 6.45) is 1.63. The third kappa shape index (κ3) is 3.50. The predicted octanol–water partition coefficient (Wildman–Crippen LogP) is 5.40. The van der Waals surface area contributed by atoms with E-state index in [9.17, 15) is 24.0 Å². The van der Waals surface area contributed by atoms with Gasteiger partial charge in [0.25, 0.3) is 23.6 Å². The lowest BCUT2D eigenvalue weighted by Crippen LogP contribution is -2.44. The van der Waals surface area contributed by atoms with Crippen LogP contribution in [0.5, 0.6) is 5.75 Å². The minimum Gasteiger partial charge on any atom is -0.423 e. The molecule has 196 valence electrons. The average Bonchev–Trinajstić information content (AvgIpc) is 2.95. The Labute approximate surface area is 229 Å². The van der Waals surface area contributed by atoms with Gasteiger partial charge in [0.05, 0.1) is 11.4 Å². The van der Waals surface area contributed by atoms with E-state index >= 15 is 0 Å². The summed E-state index contributed by atoms with van der Waals surface area (Å²) in [6.45, 7) is 7.18. The van der Waals surface area contributed by atoms with Gasteiger partial charge in [-0.25, -0.2) is 14.6 Å². The number of amides is 4. The van der Waals surface area contributed by atoms with Gasteiger partial charge < -0.3 is 4.74 Å². The van der Waals surface area contributed by atoms with Crippen molar-refractivity contribution in [1.29, 1.82) is 0 Å². The Balaban J connectivity index is 1.50. The highest BCUT2D eigenvalue weighted by Crippen LogP contribution is 2.41. The Kier molecular flexibility index (Phi) is 5.69. The van der Waals surface area contributed by atoms with E-state index in [1.54, 1.807) is 12.1 Å². The van der Waals surface area contributed by atoms with Crippen molar-refractivity contribution in [3.05, 3.63) is 113 Å². The molecule has 4 amide bonds. The third-order valence-electron chi connectivity index (χ3n) is 7.28. The fourth-order valence-corrected chi connectivity index (χ4v) is 5.48. The van der Waals surface area contributed by atoms with Crippen molar-refractivity contribution in [3.63, 3.8) is 0 Å². The third-order valence-corrected chi connectivity index (χ3v) is 7.28. The molecule has 4 aromatic rings. The smallest absolute Gasteiger partial charge is 0.335 e. The molecule has 8 nitrogen and oxygen atoms in total. The molecule has 0 saturated heterocycles. The molecule has 4 aromatic carbocycles. The van der Waals surface area contributed by atoms with Gasteiger partial charge in [-0.3, -0.25) is 19.2 Å². The number of rotatable bonds is 5. The highest BCUT2D eigenvalue weighted by molar-refractivity contribution is 6.42. The molecule has 2 aliphatic heterocycles. The molecule has 0 spiro atoms. The van der Waals surface area contributed by atoms with Crippen molar-refractivity contribution in [2.24, 2.45) is 0 Å². The molecule has 40 heavy (non-hydrogen) atoms. The molecule has 0 aromatic heterocycles. The molecule has 0 radical (unpaired) electrons. The van der Waals surface area contributed by atoms with Crippen LogP contribution in [-0.2, 0) is 11.2 Å². The second kappa shape index (κ2) is 9.13. The zero-order valence-corrected chi connectivity index (χ0v) is 21.7. The number of hydrogen-bond acceptors (Lipinski definition) is 6. The average molecular weight is 531 g/mol. The van der Waals surface area contributed by atoms with Gasteiger partial charge >= 0.3 is 5.97 Å². The molecular weight excluding hydrogens is 508 g/mol. The number of esters is 1. The number of ether oxygens (including phenoxy) is 1. The number of benzene rings is 4. The van der Waals surface area contributed by atoms with E-state index in [1.807, 2.05) is 32.0 Å². The summed E-state index contributed by atoms with van der Waals surface area (Å²) in [5, 5.41) is 0.570. The van der Waals surface area contributed by atoms with E-state index < -0.39 is 29.6 Å². The number of aryl methyl sites for hydroxylation is 2. The van der Waals surface area contributed by atoms with E-state index in [-0.39, 0.29) is 39.1 Å². The van der Waals surface area contributed by atoms with Crippen molar-refractivity contribution in [3.8, 4) is 5.75 Å². The highest BCUT2D eigenvalue weighted by atomic mass is 16.5. The van der Waals surface area contributed by atoms with Crippen molar-refractivity contribution >= 4 is 51.7 Å². The van der Waals surface area contributed by atoms with Crippen LogP contribution in [0.3, 0.4) is 0 Å². The molecule has 8 heteroatoms. The lowest BCUT2D eigenvalue weighted by atomic mass is 9.85. The van der Waals surface area contributed by atoms with Gasteiger partial charge in [-0.05, 0) is 60.9 Å². The Hall–Kier alpha value is -5.37. The van der Waals surface area contributed by atoms with Crippen LogP contribution in [0.25, 0.3) is 10.8 Å². The van der Waals surface area contributed by atoms with E-state index in [1.165, 1.54) is 41.3 Å². The van der Waals surface area contributed by atoms with Gasteiger partial charge in [0, 0.05) is 45.2 Å². The molecule has 0 aliphatic carbocycles. The molecule has 0 bridgehead atoms. The second-order valence-electron chi connectivity index (χ2n) is 9.52. The summed E-state index contributed by atoms with van der Waals surface area (Å²) in [7, 11) is 0. The highest BCUT2D eigenvalue weighted by Gasteiger charge is 2.41. The summed E-state index contributed by atoms with van der Waals surface area (Å²) in [5.74, 6) is -2.81. The van der Waals surface area contributed by atoms with Crippen LogP contribution in [0, 0.1) is 6.92 Å². The first-order valence-electron chi connectivity index (χ1n) is 12.7. The maximum absolute atomic E-state index is 13.8. The molecule has 0 unspecified atom stereocenters. The number of carbonyl (C=O) groups excluding carboxylic acids is 5. The van der Waals surface area contributed by atoms with E-state index in [4.69, 9.17) is 4.74 Å². The minimum atomic E-state index is -0.682. The van der Waals surface area contributed by atoms with Crippen LogP contribution >= 0.6 is 0 Å². The maximum Gasteiger partial charge on any atom is 0.335 e. The Bertz CT molecular complexity index is 1780. The van der Waals surface area contributed by atoms with Crippen LogP contribution in [0.15, 0.2) is 79.4 Å². The molecule has 0 N–H and O–H groups in total. The number of imide groups is 2. The molecule has 2 aliphatic rings. The summed E-state index contributed by atoms with van der Waals surface area (Å²) in [6, 6.07) is 17.7. The normalized spacial score (nSPS) is 14.2. The van der Waals surface area contributed by atoms with Gasteiger partial charge in [-0.1, -0.05) is 37.8 Å². The zero-order chi connectivity index (χ0) is 28.3. The number of nitrogens with zero attached hydrogens (tertiary/aromatic N) is 2. The first-order valence-corrected chi connectivity index (χ1v) is 12.7. The zero-order valence-electron chi connectivity index (χ0n) is 21.7. The van der Waals surface area contributed by atoms with Gasteiger partial charge in [0.1, 0.15) is 5.75 Å². The quantitative estimate of drug-likeness (QED) is 0.148. The van der Waals surface area contributed by atoms with E-state index in [2.05, 4.69) is 6.58 Å². The minimum absolute atomic E-state index is 0.137. The van der Waals surface area contributed by atoms with Crippen molar-refractivity contribution in [2.45, 2.75) is 20.3 Å². The van der Waals surface area contributed by atoms with E-state index in [0.717, 1.165) is 22.1 Å². The maximum atomic E-state index is 13.8. The van der Waals surface area contributed by atoms with Crippen molar-refractivity contribution in [1.82, 2.24) is 0 Å². The number of hydrogen-bond donors (Lipinski definition) is 0. The van der Waals surface area contributed by atoms with E-state index in [0.29, 0.717) is 17.5 Å². The lowest BCUT2D eigenvalue weighted by Gasteiger charge is -2.33. The summed E-state index contributed by atoms with van der Waals surface area (Å²) >= 11 is 0.